The first-order valence-electron chi connectivity index (χ1n) is 11.4. The summed E-state index contributed by atoms with van der Waals surface area (Å²) in [5.41, 5.74) is 10.1. The molecule has 0 unspecified atom stereocenters. The number of aliphatic hydroxyl groups is 1. The maximum absolute atomic E-state index is 13.5. The normalized spacial score (nSPS) is 17.7. The number of β-amino-alcohol motifs (C(OH)–C–C–N with tert-alkyl or cyclic N) is 1. The highest BCUT2D eigenvalue weighted by Crippen LogP contribution is 2.42. The standard InChI is InChI=1S/C26H26N4O3/c1-29-24(32)21-20(16-6-3-2-4-7-16)22(33-23(21)28-25(29)30-14-19(31)15-30)17-8-10-18(11-9-17)26(27)12-5-13-26/h2-4,6-11,19,31H,5,12-15,27H2,1H3. The van der Waals surface area contributed by atoms with Gasteiger partial charge in [-0.1, -0.05) is 54.6 Å². The van der Waals surface area contributed by atoms with Crippen molar-refractivity contribution in [2.24, 2.45) is 12.8 Å². The van der Waals surface area contributed by atoms with E-state index in [1.54, 1.807) is 7.05 Å². The Bertz CT molecular complexity index is 1400. The van der Waals surface area contributed by atoms with Crippen molar-refractivity contribution in [3.05, 3.63) is 70.5 Å². The van der Waals surface area contributed by atoms with Crippen LogP contribution in [0.25, 0.3) is 33.6 Å². The van der Waals surface area contributed by atoms with Crippen molar-refractivity contribution in [1.29, 1.82) is 0 Å². The number of rotatable bonds is 4. The Morgan fingerprint density at radius 3 is 2.36 bits per heavy atom. The van der Waals surface area contributed by atoms with Gasteiger partial charge in [0, 0.05) is 36.8 Å². The number of benzene rings is 2. The van der Waals surface area contributed by atoms with Crippen LogP contribution in [0.4, 0.5) is 5.95 Å². The number of furan rings is 1. The molecular weight excluding hydrogens is 416 g/mol. The van der Waals surface area contributed by atoms with E-state index in [4.69, 9.17) is 15.1 Å². The maximum atomic E-state index is 13.5. The summed E-state index contributed by atoms with van der Waals surface area (Å²) in [7, 11) is 1.71. The molecular formula is C26H26N4O3. The summed E-state index contributed by atoms with van der Waals surface area (Å²) in [6.07, 6.45) is 2.76. The van der Waals surface area contributed by atoms with Crippen molar-refractivity contribution >= 4 is 17.0 Å². The van der Waals surface area contributed by atoms with Gasteiger partial charge in [0.25, 0.3) is 5.56 Å². The molecule has 0 radical (unpaired) electrons. The number of nitrogens with two attached hydrogens (primary N) is 1. The Morgan fingerprint density at radius 1 is 1.06 bits per heavy atom. The van der Waals surface area contributed by atoms with E-state index in [2.05, 4.69) is 12.1 Å². The molecule has 7 nitrogen and oxygen atoms in total. The summed E-state index contributed by atoms with van der Waals surface area (Å²) >= 11 is 0. The summed E-state index contributed by atoms with van der Waals surface area (Å²) in [6, 6.07) is 18.0. The molecule has 1 saturated carbocycles. The van der Waals surface area contributed by atoms with Crippen molar-refractivity contribution in [1.82, 2.24) is 9.55 Å². The van der Waals surface area contributed by atoms with Gasteiger partial charge in [-0.3, -0.25) is 9.36 Å². The quantitative estimate of drug-likeness (QED) is 0.503. The molecule has 2 aromatic heterocycles. The first-order chi connectivity index (χ1) is 15.9. The van der Waals surface area contributed by atoms with E-state index in [1.165, 1.54) is 4.57 Å². The molecule has 1 saturated heterocycles. The van der Waals surface area contributed by atoms with Crippen molar-refractivity contribution in [2.45, 2.75) is 30.9 Å². The van der Waals surface area contributed by atoms with E-state index in [9.17, 15) is 9.90 Å². The molecule has 0 amide bonds. The van der Waals surface area contributed by atoms with Gasteiger partial charge in [0.05, 0.1) is 6.10 Å². The zero-order valence-corrected chi connectivity index (χ0v) is 18.5. The molecule has 2 fully saturated rings. The minimum absolute atomic E-state index is 0.169. The third kappa shape index (κ3) is 3.11. The molecule has 1 aliphatic heterocycles. The Morgan fingerprint density at radius 2 is 1.76 bits per heavy atom. The summed E-state index contributed by atoms with van der Waals surface area (Å²) in [5.74, 6) is 1.12. The SMILES string of the molecule is Cn1c(N2CC(O)C2)nc2oc(-c3ccc(C4(N)CCC4)cc3)c(-c3ccccc3)c2c1=O. The minimum Gasteiger partial charge on any atom is -0.437 e. The minimum atomic E-state index is -0.398. The average molecular weight is 443 g/mol. The number of aromatic nitrogens is 2. The van der Waals surface area contributed by atoms with Crippen LogP contribution in [0.5, 0.6) is 0 Å². The molecule has 3 heterocycles. The molecule has 2 aliphatic rings. The molecule has 4 aromatic rings. The highest BCUT2D eigenvalue weighted by Gasteiger charge is 2.34. The van der Waals surface area contributed by atoms with Gasteiger partial charge in [-0.05, 0) is 30.4 Å². The number of fused-ring (bicyclic) bond motifs is 1. The van der Waals surface area contributed by atoms with Gasteiger partial charge in [-0.15, -0.1) is 0 Å². The van der Waals surface area contributed by atoms with Crippen LogP contribution in [0.2, 0.25) is 0 Å². The van der Waals surface area contributed by atoms with E-state index >= 15 is 0 Å². The number of aliphatic hydroxyl groups excluding tert-OH is 1. The zero-order valence-electron chi connectivity index (χ0n) is 18.5. The van der Waals surface area contributed by atoms with Gasteiger partial charge in [-0.25, -0.2) is 0 Å². The number of anilines is 1. The molecule has 3 N–H and O–H groups in total. The number of hydrogen-bond acceptors (Lipinski definition) is 6. The lowest BCUT2D eigenvalue weighted by atomic mass is 9.72. The lowest BCUT2D eigenvalue weighted by Crippen LogP contribution is -2.52. The highest BCUT2D eigenvalue weighted by molar-refractivity contribution is 6.00. The Labute approximate surface area is 191 Å². The molecule has 33 heavy (non-hydrogen) atoms. The fourth-order valence-corrected chi connectivity index (χ4v) is 4.91. The van der Waals surface area contributed by atoms with E-state index in [0.717, 1.165) is 41.5 Å². The Kier molecular flexibility index (Phi) is 4.47. The number of nitrogens with zero attached hydrogens (tertiary/aromatic N) is 3. The molecule has 0 bridgehead atoms. The summed E-state index contributed by atoms with van der Waals surface area (Å²) in [4.78, 5) is 20.1. The maximum Gasteiger partial charge on any atom is 0.266 e. The van der Waals surface area contributed by atoms with Crippen molar-refractivity contribution in [3.8, 4) is 22.5 Å². The van der Waals surface area contributed by atoms with Gasteiger partial charge < -0.3 is 20.2 Å². The van der Waals surface area contributed by atoms with Crippen LogP contribution in [0.15, 0.2) is 63.8 Å². The Balaban J connectivity index is 1.55. The largest absolute Gasteiger partial charge is 0.437 e. The van der Waals surface area contributed by atoms with Gasteiger partial charge >= 0.3 is 0 Å². The summed E-state index contributed by atoms with van der Waals surface area (Å²) in [5, 5.41) is 10.2. The van der Waals surface area contributed by atoms with E-state index in [0.29, 0.717) is 35.9 Å². The lowest BCUT2D eigenvalue weighted by Gasteiger charge is -2.38. The first-order valence-corrected chi connectivity index (χ1v) is 11.4. The van der Waals surface area contributed by atoms with E-state index in [-0.39, 0.29) is 11.1 Å². The van der Waals surface area contributed by atoms with Crippen molar-refractivity contribution in [2.75, 3.05) is 18.0 Å². The molecule has 6 rings (SSSR count). The molecule has 2 aromatic carbocycles. The molecule has 0 atom stereocenters. The van der Waals surface area contributed by atoms with Crippen LogP contribution in [-0.2, 0) is 12.6 Å². The van der Waals surface area contributed by atoms with Crippen molar-refractivity contribution in [3.63, 3.8) is 0 Å². The molecule has 0 spiro atoms. The molecule has 168 valence electrons. The average Bonchev–Trinajstić information content (AvgIpc) is 3.18. The van der Waals surface area contributed by atoms with Crippen LogP contribution in [0.3, 0.4) is 0 Å². The van der Waals surface area contributed by atoms with Crippen LogP contribution < -0.4 is 16.2 Å². The van der Waals surface area contributed by atoms with Gasteiger partial charge in [0.1, 0.15) is 11.1 Å². The van der Waals surface area contributed by atoms with Gasteiger partial charge in [0.15, 0.2) is 0 Å². The summed E-state index contributed by atoms with van der Waals surface area (Å²) in [6.45, 7) is 0.903. The lowest BCUT2D eigenvalue weighted by molar-refractivity contribution is 0.140. The fraction of sp³-hybridized carbons (Fsp3) is 0.308. The molecule has 1 aliphatic carbocycles. The van der Waals surface area contributed by atoms with E-state index in [1.807, 2.05) is 47.4 Å². The second-order valence-electron chi connectivity index (χ2n) is 9.27. The van der Waals surface area contributed by atoms with Crippen LogP contribution in [-0.4, -0.2) is 33.9 Å². The number of hydrogen-bond donors (Lipinski definition) is 2. The van der Waals surface area contributed by atoms with E-state index < -0.39 is 6.10 Å². The van der Waals surface area contributed by atoms with Crippen LogP contribution in [0, 0.1) is 0 Å². The smallest absolute Gasteiger partial charge is 0.266 e. The predicted molar refractivity (Wildman–Crippen MR) is 128 cm³/mol. The zero-order chi connectivity index (χ0) is 22.7. The fourth-order valence-electron chi connectivity index (χ4n) is 4.91. The third-order valence-corrected chi connectivity index (χ3v) is 7.09. The Hall–Kier alpha value is -3.42. The molecule has 7 heteroatoms. The highest BCUT2D eigenvalue weighted by atomic mass is 16.3. The second kappa shape index (κ2) is 7.30. The van der Waals surface area contributed by atoms with Crippen molar-refractivity contribution < 1.29 is 9.52 Å². The van der Waals surface area contributed by atoms with Gasteiger partial charge in [0.2, 0.25) is 11.7 Å². The summed E-state index contributed by atoms with van der Waals surface area (Å²) < 4.78 is 7.82. The predicted octanol–water partition coefficient (Wildman–Crippen LogP) is 3.38. The van der Waals surface area contributed by atoms with Gasteiger partial charge in [-0.2, -0.15) is 4.98 Å². The monoisotopic (exact) mass is 442 g/mol. The van der Waals surface area contributed by atoms with Crippen LogP contribution >= 0.6 is 0 Å². The second-order valence-corrected chi connectivity index (χ2v) is 9.27. The topological polar surface area (TPSA) is 97.5 Å². The third-order valence-electron chi connectivity index (χ3n) is 7.09. The first kappa shape index (κ1) is 20.2. The van der Waals surface area contributed by atoms with Crippen LogP contribution in [0.1, 0.15) is 24.8 Å².